The Bertz CT molecular complexity index is 903. The molecule has 0 aromatic heterocycles. The maximum absolute atomic E-state index is 13.5. The average molecular weight is 478 g/mol. The van der Waals surface area contributed by atoms with Gasteiger partial charge in [-0.25, -0.2) is 8.78 Å². The molecule has 2 unspecified atom stereocenters. The first-order valence-electron chi connectivity index (χ1n) is 12.6. The highest BCUT2D eigenvalue weighted by atomic mass is 19.2. The van der Waals surface area contributed by atoms with Crippen LogP contribution in [0.5, 0.6) is 5.75 Å². The number of phenols is 1. The fourth-order valence-corrected chi connectivity index (χ4v) is 6.50. The summed E-state index contributed by atoms with van der Waals surface area (Å²) >= 11 is 0. The SMILES string of the molecule is CCC1CC2CC(C)(CC(=O)NCC(=O)N3CCN(Cc4cc(F)c(F)cc4O)CC3)CC2C1. The average Bonchev–Trinajstić information content (AvgIpc) is 3.30. The number of phenolic OH excluding ortho intramolecular Hbond substituents is 1. The van der Waals surface area contributed by atoms with Gasteiger partial charge in [-0.05, 0) is 54.9 Å². The molecule has 1 aromatic rings. The van der Waals surface area contributed by atoms with E-state index >= 15 is 0 Å². The Morgan fingerprint density at radius 1 is 1.09 bits per heavy atom. The van der Waals surface area contributed by atoms with Crippen LogP contribution < -0.4 is 5.32 Å². The van der Waals surface area contributed by atoms with Crippen LogP contribution in [0.3, 0.4) is 0 Å². The number of benzene rings is 1. The van der Waals surface area contributed by atoms with Crippen LogP contribution in [0.1, 0.15) is 57.9 Å². The van der Waals surface area contributed by atoms with Gasteiger partial charge in [0.05, 0.1) is 6.54 Å². The third-order valence-electron chi connectivity index (χ3n) is 8.29. The molecule has 3 aliphatic rings. The van der Waals surface area contributed by atoms with Gasteiger partial charge in [-0.2, -0.15) is 0 Å². The molecule has 6 nitrogen and oxygen atoms in total. The third-order valence-corrected chi connectivity index (χ3v) is 8.29. The van der Waals surface area contributed by atoms with Crippen molar-refractivity contribution >= 4 is 11.8 Å². The summed E-state index contributed by atoms with van der Waals surface area (Å²) in [5.74, 6) is -0.120. The normalized spacial score (nSPS) is 29.3. The maximum atomic E-state index is 13.5. The smallest absolute Gasteiger partial charge is 0.242 e. The van der Waals surface area contributed by atoms with Crippen molar-refractivity contribution in [2.24, 2.45) is 23.2 Å². The van der Waals surface area contributed by atoms with Crippen LogP contribution in [0.25, 0.3) is 0 Å². The summed E-state index contributed by atoms with van der Waals surface area (Å²) in [7, 11) is 0. The molecule has 2 saturated carbocycles. The molecule has 2 amide bonds. The van der Waals surface area contributed by atoms with Crippen molar-refractivity contribution in [1.82, 2.24) is 15.1 Å². The number of carbonyl (C=O) groups is 2. The molecule has 8 heteroatoms. The van der Waals surface area contributed by atoms with Gasteiger partial charge in [-0.1, -0.05) is 20.3 Å². The van der Waals surface area contributed by atoms with E-state index < -0.39 is 11.6 Å². The Kier molecular flexibility index (Phi) is 7.45. The van der Waals surface area contributed by atoms with Gasteiger partial charge in [0.25, 0.3) is 0 Å². The van der Waals surface area contributed by atoms with E-state index in [1.165, 1.54) is 19.3 Å². The van der Waals surface area contributed by atoms with Gasteiger partial charge in [0.15, 0.2) is 11.6 Å². The van der Waals surface area contributed by atoms with Crippen LogP contribution in [0.15, 0.2) is 12.1 Å². The van der Waals surface area contributed by atoms with E-state index in [4.69, 9.17) is 0 Å². The van der Waals surface area contributed by atoms with Crippen molar-refractivity contribution in [1.29, 1.82) is 0 Å². The Balaban J connectivity index is 1.18. The number of fused-ring (bicyclic) bond motifs is 1. The molecule has 2 atom stereocenters. The van der Waals surface area contributed by atoms with Crippen molar-refractivity contribution in [3.05, 3.63) is 29.3 Å². The third kappa shape index (κ3) is 5.70. The number of halogens is 2. The lowest BCUT2D eigenvalue weighted by Gasteiger charge is -2.35. The molecule has 2 aliphatic carbocycles. The molecule has 188 valence electrons. The standard InChI is InChI=1S/C26H37F2N3O3/c1-3-17-8-18-12-26(2,13-19(18)9-17)14-24(33)29-15-25(34)31-6-4-30(5-7-31)16-20-10-21(27)22(28)11-23(20)32/h10-11,17-19,32H,3-9,12-16H2,1-2H3,(H,29,33). The Morgan fingerprint density at radius 2 is 1.71 bits per heavy atom. The molecule has 1 saturated heterocycles. The zero-order valence-corrected chi connectivity index (χ0v) is 20.3. The highest BCUT2D eigenvalue weighted by molar-refractivity contribution is 5.85. The Labute approximate surface area is 200 Å². The van der Waals surface area contributed by atoms with Crippen molar-refractivity contribution in [2.75, 3.05) is 32.7 Å². The fraction of sp³-hybridized carbons (Fsp3) is 0.692. The van der Waals surface area contributed by atoms with E-state index in [0.717, 1.165) is 42.7 Å². The predicted octanol–water partition coefficient (Wildman–Crippen LogP) is 3.67. The molecule has 34 heavy (non-hydrogen) atoms. The summed E-state index contributed by atoms with van der Waals surface area (Å²) in [6.45, 7) is 6.85. The zero-order valence-electron chi connectivity index (χ0n) is 20.3. The van der Waals surface area contributed by atoms with E-state index in [9.17, 15) is 23.5 Å². The van der Waals surface area contributed by atoms with Crippen molar-refractivity contribution in [3.63, 3.8) is 0 Å². The number of hydrogen-bond acceptors (Lipinski definition) is 4. The van der Waals surface area contributed by atoms with Crippen molar-refractivity contribution < 1.29 is 23.5 Å². The van der Waals surface area contributed by atoms with Crippen LogP contribution in [0, 0.1) is 34.8 Å². The van der Waals surface area contributed by atoms with Crippen LogP contribution in [-0.4, -0.2) is 59.4 Å². The molecular formula is C26H37F2N3O3. The lowest BCUT2D eigenvalue weighted by atomic mass is 9.81. The monoisotopic (exact) mass is 477 g/mol. The first-order valence-corrected chi connectivity index (χ1v) is 12.6. The first-order chi connectivity index (χ1) is 16.2. The van der Waals surface area contributed by atoms with Gasteiger partial charge >= 0.3 is 0 Å². The van der Waals surface area contributed by atoms with Crippen molar-refractivity contribution in [3.8, 4) is 5.75 Å². The lowest BCUT2D eigenvalue weighted by molar-refractivity contribution is -0.134. The number of hydrogen-bond donors (Lipinski definition) is 2. The zero-order chi connectivity index (χ0) is 24.5. The molecular weight excluding hydrogens is 440 g/mol. The highest BCUT2D eigenvalue weighted by Gasteiger charge is 2.47. The second-order valence-corrected chi connectivity index (χ2v) is 11.0. The number of nitrogens with one attached hydrogen (secondary N) is 1. The molecule has 3 fully saturated rings. The minimum atomic E-state index is -1.08. The first kappa shape index (κ1) is 24.9. The van der Waals surface area contributed by atoms with E-state index in [1.807, 2.05) is 4.90 Å². The molecule has 1 heterocycles. The minimum Gasteiger partial charge on any atom is -0.508 e. The van der Waals surface area contributed by atoms with Gasteiger partial charge in [0, 0.05) is 50.8 Å². The van der Waals surface area contributed by atoms with Gasteiger partial charge in [-0.15, -0.1) is 0 Å². The summed E-state index contributed by atoms with van der Waals surface area (Å²) in [5.41, 5.74) is 0.360. The molecule has 0 spiro atoms. The summed E-state index contributed by atoms with van der Waals surface area (Å²) in [6, 6.07) is 1.80. The van der Waals surface area contributed by atoms with E-state index in [-0.39, 0.29) is 36.1 Å². The molecule has 0 bridgehead atoms. The number of carbonyl (C=O) groups excluding carboxylic acids is 2. The molecule has 2 N–H and O–H groups in total. The number of piperazine rings is 1. The number of amides is 2. The summed E-state index contributed by atoms with van der Waals surface area (Å²) < 4.78 is 26.7. The Hall–Kier alpha value is -2.22. The summed E-state index contributed by atoms with van der Waals surface area (Å²) in [5, 5.41) is 12.7. The van der Waals surface area contributed by atoms with Gasteiger partial charge in [-0.3, -0.25) is 14.5 Å². The van der Waals surface area contributed by atoms with Crippen LogP contribution in [0.4, 0.5) is 8.78 Å². The second kappa shape index (κ2) is 10.2. The largest absolute Gasteiger partial charge is 0.508 e. The maximum Gasteiger partial charge on any atom is 0.242 e. The Morgan fingerprint density at radius 3 is 2.32 bits per heavy atom. The summed E-state index contributed by atoms with van der Waals surface area (Å²) in [4.78, 5) is 28.9. The number of aromatic hydroxyl groups is 1. The van der Waals surface area contributed by atoms with E-state index in [2.05, 4.69) is 19.2 Å². The number of rotatable bonds is 7. The van der Waals surface area contributed by atoms with Crippen LogP contribution in [0.2, 0.25) is 0 Å². The topological polar surface area (TPSA) is 72.9 Å². The van der Waals surface area contributed by atoms with Gasteiger partial charge in [0.1, 0.15) is 5.75 Å². The molecule has 0 radical (unpaired) electrons. The van der Waals surface area contributed by atoms with E-state index in [1.54, 1.807) is 4.90 Å². The second-order valence-electron chi connectivity index (χ2n) is 11.0. The fourth-order valence-electron chi connectivity index (χ4n) is 6.50. The highest BCUT2D eigenvalue weighted by Crippen LogP contribution is 2.56. The predicted molar refractivity (Wildman–Crippen MR) is 125 cm³/mol. The van der Waals surface area contributed by atoms with Crippen LogP contribution >= 0.6 is 0 Å². The van der Waals surface area contributed by atoms with Crippen LogP contribution in [-0.2, 0) is 16.1 Å². The minimum absolute atomic E-state index is 0.00361. The van der Waals surface area contributed by atoms with Gasteiger partial charge < -0.3 is 15.3 Å². The molecule has 1 aliphatic heterocycles. The van der Waals surface area contributed by atoms with E-state index in [0.29, 0.717) is 38.2 Å². The number of nitrogens with zero attached hydrogens (tertiary/aromatic N) is 2. The quantitative estimate of drug-likeness (QED) is 0.629. The van der Waals surface area contributed by atoms with Gasteiger partial charge in [0.2, 0.25) is 11.8 Å². The molecule has 4 rings (SSSR count). The van der Waals surface area contributed by atoms with Crippen molar-refractivity contribution in [2.45, 2.75) is 58.9 Å². The molecule has 1 aromatic carbocycles. The lowest BCUT2D eigenvalue weighted by Crippen LogP contribution is -2.51. The summed E-state index contributed by atoms with van der Waals surface area (Å²) in [6.07, 6.45) is 6.58.